The molecule has 0 radical (unpaired) electrons. The Kier molecular flexibility index (Phi) is 7.46. The van der Waals surface area contributed by atoms with Crippen LogP contribution in [0.15, 0.2) is 60.7 Å². The highest BCUT2D eigenvalue weighted by atomic mass is 16.7. The molecule has 2 aliphatic heterocycles. The van der Waals surface area contributed by atoms with Gasteiger partial charge in [-0.15, -0.1) is 0 Å². The molecule has 0 saturated heterocycles. The number of hydrogen-bond donors (Lipinski definition) is 2. The highest BCUT2D eigenvalue weighted by molar-refractivity contribution is 5.77. The first kappa shape index (κ1) is 30.1. The minimum Gasteiger partial charge on any atom is -0.454 e. The molecule has 8 heteroatoms. The second kappa shape index (κ2) is 11.9. The van der Waals surface area contributed by atoms with Crippen LogP contribution in [0.3, 0.4) is 0 Å². The van der Waals surface area contributed by atoms with Crippen LogP contribution >= 0.6 is 0 Å². The summed E-state index contributed by atoms with van der Waals surface area (Å²) in [7, 11) is 0. The molecule has 3 fully saturated rings. The van der Waals surface area contributed by atoms with E-state index in [9.17, 15) is 9.59 Å². The molecule has 5 unspecified atom stereocenters. The van der Waals surface area contributed by atoms with Crippen molar-refractivity contribution in [3.05, 3.63) is 71.8 Å². The second-order valence-electron chi connectivity index (χ2n) is 15.1. The zero-order chi connectivity index (χ0) is 32.5. The van der Waals surface area contributed by atoms with E-state index in [4.69, 9.17) is 18.9 Å². The van der Waals surface area contributed by atoms with Crippen LogP contribution in [0.4, 0.5) is 0 Å². The van der Waals surface area contributed by atoms with Gasteiger partial charge in [0.05, 0.1) is 0 Å². The Morgan fingerprint density at radius 3 is 1.62 bits per heavy atom. The largest absolute Gasteiger partial charge is 0.454 e. The summed E-state index contributed by atoms with van der Waals surface area (Å²) >= 11 is 0. The number of hydrogen-bond acceptors (Lipinski definition) is 6. The van der Waals surface area contributed by atoms with Gasteiger partial charge in [-0.25, -0.2) is 0 Å². The van der Waals surface area contributed by atoms with Crippen LogP contribution in [0, 0.1) is 71.0 Å². The van der Waals surface area contributed by atoms with Gasteiger partial charge in [0.15, 0.2) is 23.0 Å². The monoisotopic (exact) mass is 650 g/mol. The molecular weight excluding hydrogens is 604 g/mol. The van der Waals surface area contributed by atoms with E-state index in [-0.39, 0.29) is 25.4 Å². The van der Waals surface area contributed by atoms with Gasteiger partial charge in [-0.05, 0) is 133 Å². The fourth-order valence-corrected chi connectivity index (χ4v) is 11.5. The van der Waals surface area contributed by atoms with Crippen molar-refractivity contribution < 1.29 is 28.5 Å². The Hall–Kier alpha value is -3.94. The maximum atomic E-state index is 13.2. The maximum Gasteiger partial charge on any atom is 0.231 e. The average molecular weight is 651 g/mol. The quantitative estimate of drug-likeness (QED) is 0.328. The van der Waals surface area contributed by atoms with Gasteiger partial charge in [0.2, 0.25) is 25.4 Å². The fourth-order valence-electron chi connectivity index (χ4n) is 11.5. The van der Waals surface area contributed by atoms with Crippen molar-refractivity contribution in [2.24, 2.45) is 71.0 Å². The zero-order valence-corrected chi connectivity index (χ0v) is 27.8. The van der Waals surface area contributed by atoms with E-state index in [1.165, 1.54) is 11.1 Å². The molecule has 2 bridgehead atoms. The molecule has 3 saturated carbocycles. The maximum absolute atomic E-state index is 13.2. The van der Waals surface area contributed by atoms with Crippen molar-refractivity contribution in [2.45, 2.75) is 39.5 Å². The van der Waals surface area contributed by atoms with Crippen molar-refractivity contribution in [1.82, 2.24) is 10.6 Å². The van der Waals surface area contributed by atoms with Gasteiger partial charge in [0, 0.05) is 25.9 Å². The average Bonchev–Trinajstić information content (AvgIpc) is 3.76. The number of carbonyl (C=O) groups is 2. The van der Waals surface area contributed by atoms with E-state index in [1.54, 1.807) is 0 Å². The Labute approximate surface area is 282 Å². The van der Waals surface area contributed by atoms with Crippen molar-refractivity contribution in [1.29, 1.82) is 0 Å². The molecule has 48 heavy (non-hydrogen) atoms. The smallest absolute Gasteiger partial charge is 0.231 e. The van der Waals surface area contributed by atoms with Gasteiger partial charge < -0.3 is 29.6 Å². The van der Waals surface area contributed by atoms with E-state index in [1.807, 2.05) is 26.0 Å². The van der Waals surface area contributed by atoms with Gasteiger partial charge in [0.25, 0.3) is 0 Å². The topological polar surface area (TPSA) is 95.1 Å². The summed E-state index contributed by atoms with van der Waals surface area (Å²) in [5.41, 5.74) is 2.51. The molecule has 10 rings (SSSR count). The third-order valence-electron chi connectivity index (χ3n) is 13.2. The van der Waals surface area contributed by atoms with Crippen LogP contribution in [0.5, 0.6) is 23.0 Å². The molecule has 0 spiro atoms. The number of ether oxygens (including phenoxy) is 4. The summed E-state index contributed by atoms with van der Waals surface area (Å²) in [5.74, 6) is 8.95. The molecule has 6 aliphatic carbocycles. The normalized spacial score (nSPS) is 36.7. The van der Waals surface area contributed by atoms with Gasteiger partial charge >= 0.3 is 0 Å². The molecule has 12 atom stereocenters. The van der Waals surface area contributed by atoms with Crippen molar-refractivity contribution >= 4 is 11.8 Å². The van der Waals surface area contributed by atoms with Crippen LogP contribution < -0.4 is 29.6 Å². The van der Waals surface area contributed by atoms with E-state index in [0.29, 0.717) is 96.9 Å². The molecule has 2 aromatic carbocycles. The highest BCUT2D eigenvalue weighted by Gasteiger charge is 2.67. The molecule has 2 amide bonds. The minimum absolute atomic E-state index is 0.165. The summed E-state index contributed by atoms with van der Waals surface area (Å²) in [6, 6.07) is 12.7. The lowest BCUT2D eigenvalue weighted by molar-refractivity contribution is -0.191. The van der Waals surface area contributed by atoms with Crippen molar-refractivity contribution in [3.8, 4) is 23.0 Å². The summed E-state index contributed by atoms with van der Waals surface area (Å²) in [6.45, 7) is 5.86. The lowest BCUT2D eigenvalue weighted by Gasteiger charge is -2.71. The number of amides is 2. The summed E-state index contributed by atoms with van der Waals surface area (Å²) in [6.07, 6.45) is 13.2. The van der Waals surface area contributed by atoms with Crippen LogP contribution in [-0.2, 0) is 22.4 Å². The number of carbonyl (C=O) groups excluding carboxylic acids is 2. The van der Waals surface area contributed by atoms with E-state index in [2.05, 4.69) is 59.2 Å². The molecule has 0 aromatic heterocycles. The van der Waals surface area contributed by atoms with E-state index >= 15 is 0 Å². The predicted octanol–water partition coefficient (Wildman–Crippen LogP) is 5.56. The van der Waals surface area contributed by atoms with Gasteiger partial charge in [-0.2, -0.15) is 0 Å². The lowest BCUT2D eigenvalue weighted by atomic mass is 9.33. The molecular formula is C40H46N2O6. The van der Waals surface area contributed by atoms with Gasteiger partial charge in [-0.1, -0.05) is 36.4 Å². The number of nitrogens with one attached hydrogen (secondary N) is 2. The molecule has 2 heterocycles. The van der Waals surface area contributed by atoms with Crippen molar-refractivity contribution in [2.75, 3.05) is 26.7 Å². The highest BCUT2D eigenvalue weighted by Crippen LogP contribution is 2.71. The summed E-state index contributed by atoms with van der Waals surface area (Å²) in [5, 5.41) is 6.21. The summed E-state index contributed by atoms with van der Waals surface area (Å²) in [4.78, 5) is 26.4. The van der Waals surface area contributed by atoms with Crippen LogP contribution in [0.25, 0.3) is 0 Å². The number of benzene rings is 2. The predicted molar refractivity (Wildman–Crippen MR) is 179 cm³/mol. The fraction of sp³-hybridized carbons (Fsp3) is 0.550. The summed E-state index contributed by atoms with van der Waals surface area (Å²) < 4.78 is 22.6. The van der Waals surface area contributed by atoms with E-state index < -0.39 is 0 Å². The SMILES string of the molecule is CCNC(=O)C[C@H]1C(Cc2ccc3c(c2)OCO3)C2C3C=C[C@H]([C@H]4C3C=C[C@H]3C(Cc5ccc6c(c5)OCO6)[C@H](CC(=O)NCC)[C@@H]43)[C@H]21. The van der Waals surface area contributed by atoms with E-state index in [0.717, 1.165) is 35.8 Å². The first-order valence-corrected chi connectivity index (χ1v) is 18.2. The Morgan fingerprint density at radius 2 is 1.02 bits per heavy atom. The van der Waals surface area contributed by atoms with Crippen molar-refractivity contribution in [3.63, 3.8) is 0 Å². The van der Waals surface area contributed by atoms with Gasteiger partial charge in [-0.3, -0.25) is 9.59 Å². The Balaban J connectivity index is 1.01. The number of rotatable bonds is 10. The molecule has 252 valence electrons. The number of allylic oxidation sites excluding steroid dienone is 4. The Bertz CT molecular complexity index is 1670. The standard InChI is InChI=1S/C40H46N2O6/c1-3-41-35(43)17-29-27(13-21-5-11-31-33(15-21)47-19-45-31)25-8-7-23-24-9-10-26(37(23)39(25)29)40-30(18-36(44)42-4-2)28(38(24)40)14-22-6-12-32-34(16-22)48-20-46-32/h5-12,15-16,23-30,37-40H,3-4,13-14,17-20H2,1-2H3,(H,41,43)(H,42,44)/t23?,24?,25-,26+,27?,28?,29-,30-,37+,38?,39-,40-/m0/s1. The minimum atomic E-state index is 0.165. The third-order valence-corrected chi connectivity index (χ3v) is 13.2. The molecule has 2 aromatic rings. The second-order valence-corrected chi connectivity index (χ2v) is 15.1. The van der Waals surface area contributed by atoms with Crippen LogP contribution in [-0.4, -0.2) is 38.5 Å². The van der Waals surface area contributed by atoms with Crippen LogP contribution in [0.1, 0.15) is 37.8 Å². The molecule has 2 N–H and O–H groups in total. The molecule has 8 aliphatic rings. The van der Waals surface area contributed by atoms with Gasteiger partial charge in [0.1, 0.15) is 0 Å². The lowest BCUT2D eigenvalue weighted by Crippen LogP contribution is -2.67. The van der Waals surface area contributed by atoms with Crippen LogP contribution in [0.2, 0.25) is 0 Å². The zero-order valence-electron chi connectivity index (χ0n) is 27.8. The molecule has 8 nitrogen and oxygen atoms in total. The first-order chi connectivity index (χ1) is 23.5. The first-order valence-electron chi connectivity index (χ1n) is 18.2. The third kappa shape index (κ3) is 4.76. The Morgan fingerprint density at radius 1 is 0.562 bits per heavy atom. The number of fused-ring (bicyclic) bond motifs is 3.